The van der Waals surface area contributed by atoms with Gasteiger partial charge in [-0.05, 0) is 55.7 Å². The van der Waals surface area contributed by atoms with E-state index < -0.39 is 0 Å². The normalized spacial score (nSPS) is 13.4. The summed E-state index contributed by atoms with van der Waals surface area (Å²) in [5, 5.41) is 3.49. The van der Waals surface area contributed by atoms with Gasteiger partial charge in [0.2, 0.25) is 0 Å². The lowest BCUT2D eigenvalue weighted by Crippen LogP contribution is -2.23. The van der Waals surface area contributed by atoms with Crippen LogP contribution in [0, 0.1) is 11.8 Å². The molecule has 1 atom stereocenters. The molecule has 0 rings (SSSR count). The van der Waals surface area contributed by atoms with Gasteiger partial charge in [-0.2, -0.15) is 11.8 Å². The Morgan fingerprint density at radius 1 is 1.20 bits per heavy atom. The molecular weight excluding hydrogens is 202 g/mol. The number of nitrogens with one attached hydrogen (secondary N) is 1. The standard InChI is InChI=1S/C13H29NS/c1-5-14-11-13(10-12(3)4)8-7-9-15-6-2/h12-14H,5-11H2,1-4H3. The molecule has 0 aromatic heterocycles. The number of hydrogen-bond donors (Lipinski definition) is 1. The largest absolute Gasteiger partial charge is 0.317 e. The Morgan fingerprint density at radius 3 is 2.47 bits per heavy atom. The van der Waals surface area contributed by atoms with Crippen LogP contribution in [0.15, 0.2) is 0 Å². The van der Waals surface area contributed by atoms with Crippen molar-refractivity contribution >= 4 is 11.8 Å². The third-order valence-electron chi connectivity index (χ3n) is 2.59. The highest BCUT2D eigenvalue weighted by Gasteiger charge is 2.09. The van der Waals surface area contributed by atoms with Crippen LogP contribution in [0.3, 0.4) is 0 Å². The smallest absolute Gasteiger partial charge is 0.00205 e. The molecule has 0 aromatic carbocycles. The van der Waals surface area contributed by atoms with Crippen LogP contribution >= 0.6 is 11.8 Å². The van der Waals surface area contributed by atoms with Crippen LogP contribution in [0.4, 0.5) is 0 Å². The van der Waals surface area contributed by atoms with Gasteiger partial charge in [0.25, 0.3) is 0 Å². The zero-order chi connectivity index (χ0) is 11.5. The molecule has 15 heavy (non-hydrogen) atoms. The van der Waals surface area contributed by atoms with Crippen molar-refractivity contribution in [3.05, 3.63) is 0 Å². The lowest BCUT2D eigenvalue weighted by molar-refractivity contribution is 0.367. The molecule has 0 aliphatic heterocycles. The summed E-state index contributed by atoms with van der Waals surface area (Å²) < 4.78 is 0. The first-order valence-corrected chi connectivity index (χ1v) is 7.64. The van der Waals surface area contributed by atoms with Crippen LogP contribution in [-0.4, -0.2) is 24.6 Å². The summed E-state index contributed by atoms with van der Waals surface area (Å²) in [6, 6.07) is 0. The Morgan fingerprint density at radius 2 is 1.93 bits per heavy atom. The maximum Gasteiger partial charge on any atom is -0.00205 e. The minimum atomic E-state index is 0.840. The van der Waals surface area contributed by atoms with Gasteiger partial charge < -0.3 is 5.32 Å². The van der Waals surface area contributed by atoms with Gasteiger partial charge in [-0.1, -0.05) is 27.7 Å². The van der Waals surface area contributed by atoms with Gasteiger partial charge in [-0.15, -0.1) is 0 Å². The van der Waals surface area contributed by atoms with Crippen LogP contribution in [0.1, 0.15) is 47.0 Å². The Labute approximate surface area is 101 Å². The van der Waals surface area contributed by atoms with E-state index in [0.29, 0.717) is 0 Å². The van der Waals surface area contributed by atoms with Crippen LogP contribution < -0.4 is 5.32 Å². The first-order valence-electron chi connectivity index (χ1n) is 6.49. The Hall–Kier alpha value is 0.310. The minimum absolute atomic E-state index is 0.840. The molecule has 1 unspecified atom stereocenters. The fraction of sp³-hybridized carbons (Fsp3) is 1.00. The molecule has 0 amide bonds. The predicted molar refractivity (Wildman–Crippen MR) is 73.7 cm³/mol. The summed E-state index contributed by atoms with van der Waals surface area (Å²) in [7, 11) is 0. The molecule has 0 radical (unpaired) electrons. The molecule has 0 bridgehead atoms. The van der Waals surface area contributed by atoms with E-state index in [1.54, 1.807) is 0 Å². The summed E-state index contributed by atoms with van der Waals surface area (Å²) in [6.07, 6.45) is 4.17. The van der Waals surface area contributed by atoms with Gasteiger partial charge in [-0.3, -0.25) is 0 Å². The number of thioether (sulfide) groups is 1. The van der Waals surface area contributed by atoms with Crippen molar-refractivity contribution in [1.29, 1.82) is 0 Å². The van der Waals surface area contributed by atoms with Crippen molar-refractivity contribution < 1.29 is 0 Å². The van der Waals surface area contributed by atoms with Gasteiger partial charge in [0.15, 0.2) is 0 Å². The molecule has 0 aliphatic carbocycles. The van der Waals surface area contributed by atoms with E-state index >= 15 is 0 Å². The first-order chi connectivity index (χ1) is 7.20. The topological polar surface area (TPSA) is 12.0 Å². The van der Waals surface area contributed by atoms with Gasteiger partial charge in [0.1, 0.15) is 0 Å². The van der Waals surface area contributed by atoms with Gasteiger partial charge in [-0.25, -0.2) is 0 Å². The highest BCUT2D eigenvalue weighted by Crippen LogP contribution is 2.18. The van der Waals surface area contributed by atoms with Gasteiger partial charge in [0, 0.05) is 0 Å². The minimum Gasteiger partial charge on any atom is -0.317 e. The number of rotatable bonds is 10. The molecule has 0 aromatic rings. The molecule has 2 heteroatoms. The molecule has 0 heterocycles. The van der Waals surface area contributed by atoms with Crippen molar-refractivity contribution in [3.8, 4) is 0 Å². The highest BCUT2D eigenvalue weighted by molar-refractivity contribution is 7.99. The summed E-state index contributed by atoms with van der Waals surface area (Å²) in [4.78, 5) is 0. The van der Waals surface area contributed by atoms with Crippen LogP contribution in [0.25, 0.3) is 0 Å². The van der Waals surface area contributed by atoms with E-state index in [1.807, 2.05) is 0 Å². The highest BCUT2D eigenvalue weighted by atomic mass is 32.2. The van der Waals surface area contributed by atoms with Crippen LogP contribution in [0.2, 0.25) is 0 Å². The molecule has 92 valence electrons. The summed E-state index contributed by atoms with van der Waals surface area (Å²) in [5.41, 5.74) is 0. The molecule has 0 saturated carbocycles. The van der Waals surface area contributed by atoms with Crippen molar-refractivity contribution in [2.75, 3.05) is 24.6 Å². The summed E-state index contributed by atoms with van der Waals surface area (Å²) in [5.74, 6) is 4.34. The van der Waals surface area contributed by atoms with Crippen LogP contribution in [0.5, 0.6) is 0 Å². The predicted octanol–water partition coefficient (Wildman–Crippen LogP) is 3.79. The molecule has 1 nitrogen and oxygen atoms in total. The van der Waals surface area contributed by atoms with E-state index in [1.165, 1.54) is 37.3 Å². The maximum atomic E-state index is 3.49. The zero-order valence-electron chi connectivity index (χ0n) is 11.0. The summed E-state index contributed by atoms with van der Waals surface area (Å²) in [6.45, 7) is 11.4. The van der Waals surface area contributed by atoms with Gasteiger partial charge >= 0.3 is 0 Å². The van der Waals surface area contributed by atoms with E-state index in [9.17, 15) is 0 Å². The molecule has 0 saturated heterocycles. The summed E-state index contributed by atoms with van der Waals surface area (Å²) >= 11 is 2.07. The Kier molecular flexibility index (Phi) is 11.0. The fourth-order valence-corrected chi connectivity index (χ4v) is 2.60. The third-order valence-corrected chi connectivity index (χ3v) is 3.58. The van der Waals surface area contributed by atoms with Crippen molar-refractivity contribution in [1.82, 2.24) is 5.32 Å². The van der Waals surface area contributed by atoms with Crippen LogP contribution in [-0.2, 0) is 0 Å². The quantitative estimate of drug-likeness (QED) is 0.574. The Bertz CT molecular complexity index is 126. The zero-order valence-corrected chi connectivity index (χ0v) is 11.8. The maximum absolute atomic E-state index is 3.49. The van der Waals surface area contributed by atoms with Crippen molar-refractivity contribution in [2.45, 2.75) is 47.0 Å². The molecular formula is C13H29NS. The second-order valence-corrected chi connectivity index (χ2v) is 6.04. The average Bonchev–Trinajstić information content (AvgIpc) is 2.19. The van der Waals surface area contributed by atoms with E-state index in [-0.39, 0.29) is 0 Å². The average molecular weight is 231 g/mol. The lowest BCUT2D eigenvalue weighted by Gasteiger charge is -2.19. The van der Waals surface area contributed by atoms with E-state index in [0.717, 1.165) is 18.4 Å². The SMILES string of the molecule is CCNCC(CCCSCC)CC(C)C. The fourth-order valence-electron chi connectivity index (χ4n) is 1.94. The molecule has 0 aliphatic rings. The van der Waals surface area contributed by atoms with Crippen molar-refractivity contribution in [3.63, 3.8) is 0 Å². The Balaban J connectivity index is 3.59. The number of hydrogen-bond acceptors (Lipinski definition) is 2. The second kappa shape index (κ2) is 10.8. The first kappa shape index (κ1) is 15.3. The molecule has 0 spiro atoms. The van der Waals surface area contributed by atoms with E-state index in [2.05, 4.69) is 44.8 Å². The van der Waals surface area contributed by atoms with Crippen molar-refractivity contribution in [2.24, 2.45) is 11.8 Å². The second-order valence-electron chi connectivity index (χ2n) is 4.64. The molecule has 0 fully saturated rings. The molecule has 1 N–H and O–H groups in total. The monoisotopic (exact) mass is 231 g/mol. The lowest BCUT2D eigenvalue weighted by atomic mass is 9.93. The van der Waals surface area contributed by atoms with E-state index in [4.69, 9.17) is 0 Å². The van der Waals surface area contributed by atoms with Gasteiger partial charge in [0.05, 0.1) is 0 Å². The third kappa shape index (κ3) is 10.6.